The van der Waals surface area contributed by atoms with Crippen LogP contribution in [0.2, 0.25) is 5.02 Å². The van der Waals surface area contributed by atoms with Crippen molar-refractivity contribution in [2.75, 3.05) is 25.6 Å². The second-order valence-electron chi connectivity index (χ2n) is 3.73. The highest BCUT2D eigenvalue weighted by Crippen LogP contribution is 2.39. The molecule has 0 amide bonds. The minimum atomic E-state index is 0.245. The molecule has 1 aromatic rings. The zero-order valence-electron chi connectivity index (χ0n) is 9.45. The van der Waals surface area contributed by atoms with Crippen molar-refractivity contribution in [3.63, 3.8) is 0 Å². The Bertz CT molecular complexity index is 384. The van der Waals surface area contributed by atoms with Crippen LogP contribution in [0.15, 0.2) is 12.1 Å². The minimum absolute atomic E-state index is 0.245. The van der Waals surface area contributed by atoms with Gasteiger partial charge in [-0.05, 0) is 29.9 Å². The van der Waals surface area contributed by atoms with Crippen LogP contribution in [-0.4, -0.2) is 30.7 Å². The van der Waals surface area contributed by atoms with Gasteiger partial charge in [-0.25, -0.2) is 0 Å². The number of thioether (sulfide) groups is 1. The highest BCUT2D eigenvalue weighted by molar-refractivity contribution is 7.98. The van der Waals surface area contributed by atoms with E-state index in [9.17, 15) is 0 Å². The van der Waals surface area contributed by atoms with Gasteiger partial charge in [0.2, 0.25) is 0 Å². The van der Waals surface area contributed by atoms with Gasteiger partial charge in [-0.3, -0.25) is 0 Å². The van der Waals surface area contributed by atoms with Gasteiger partial charge in [0.1, 0.15) is 13.2 Å². The first-order chi connectivity index (χ1) is 8.31. The van der Waals surface area contributed by atoms with Gasteiger partial charge in [0, 0.05) is 12.4 Å². The van der Waals surface area contributed by atoms with E-state index in [0.29, 0.717) is 24.0 Å². The molecule has 0 radical (unpaired) electrons. The van der Waals surface area contributed by atoms with Crippen LogP contribution in [0.3, 0.4) is 0 Å². The van der Waals surface area contributed by atoms with Crippen molar-refractivity contribution < 1.29 is 14.6 Å². The molecule has 1 aliphatic heterocycles. The molecule has 0 saturated carbocycles. The third-order valence-corrected chi connectivity index (χ3v) is 3.77. The van der Waals surface area contributed by atoms with E-state index in [4.69, 9.17) is 26.2 Å². The lowest BCUT2D eigenvalue weighted by Gasteiger charge is -2.20. The summed E-state index contributed by atoms with van der Waals surface area (Å²) in [6.45, 7) is 1.37. The van der Waals surface area contributed by atoms with Crippen LogP contribution in [0.5, 0.6) is 11.5 Å². The minimum Gasteiger partial charge on any atom is -0.486 e. The Labute approximate surface area is 110 Å². The van der Waals surface area contributed by atoms with Crippen LogP contribution in [0.4, 0.5) is 0 Å². The summed E-state index contributed by atoms with van der Waals surface area (Å²) in [6, 6.07) is 3.90. The quantitative estimate of drug-likeness (QED) is 0.838. The first-order valence-electron chi connectivity index (χ1n) is 5.58. The maximum absolute atomic E-state index is 8.69. The average Bonchev–Trinajstić information content (AvgIpc) is 2.35. The van der Waals surface area contributed by atoms with E-state index in [1.54, 1.807) is 11.8 Å². The molecule has 0 aromatic heterocycles. The molecule has 17 heavy (non-hydrogen) atoms. The van der Waals surface area contributed by atoms with Crippen LogP contribution in [0.1, 0.15) is 12.0 Å². The molecule has 94 valence electrons. The number of ether oxygens (including phenoxy) is 2. The third kappa shape index (κ3) is 3.44. The maximum atomic E-state index is 8.69. The van der Waals surface area contributed by atoms with E-state index in [1.807, 2.05) is 12.1 Å². The summed E-state index contributed by atoms with van der Waals surface area (Å²) in [5.41, 5.74) is 1.13. The monoisotopic (exact) mass is 274 g/mol. The number of aliphatic hydroxyl groups excluding tert-OH is 1. The molecule has 5 heteroatoms. The summed E-state index contributed by atoms with van der Waals surface area (Å²) in [4.78, 5) is 0. The van der Waals surface area contributed by atoms with Gasteiger partial charge in [0.05, 0.1) is 5.02 Å². The predicted molar refractivity (Wildman–Crippen MR) is 70.3 cm³/mol. The summed E-state index contributed by atoms with van der Waals surface area (Å²) in [5, 5.41) is 9.31. The predicted octanol–water partition coefficient (Wildman–Crippen LogP) is 2.73. The van der Waals surface area contributed by atoms with Gasteiger partial charge in [-0.2, -0.15) is 11.8 Å². The molecule has 1 aliphatic rings. The highest BCUT2D eigenvalue weighted by Gasteiger charge is 2.16. The first kappa shape index (κ1) is 12.9. The van der Waals surface area contributed by atoms with Crippen LogP contribution in [0.25, 0.3) is 0 Å². The van der Waals surface area contributed by atoms with Crippen LogP contribution in [-0.2, 0) is 5.75 Å². The van der Waals surface area contributed by atoms with Crippen molar-refractivity contribution in [3.05, 3.63) is 22.7 Å². The highest BCUT2D eigenvalue weighted by atomic mass is 35.5. The summed E-state index contributed by atoms with van der Waals surface area (Å²) < 4.78 is 11.0. The van der Waals surface area contributed by atoms with Gasteiger partial charge < -0.3 is 14.6 Å². The average molecular weight is 275 g/mol. The Hall–Kier alpha value is -0.580. The van der Waals surface area contributed by atoms with E-state index in [1.165, 1.54) is 0 Å². The normalized spacial score (nSPS) is 13.8. The van der Waals surface area contributed by atoms with E-state index >= 15 is 0 Å². The number of benzene rings is 1. The third-order valence-electron chi connectivity index (χ3n) is 2.37. The molecule has 1 N–H and O–H groups in total. The van der Waals surface area contributed by atoms with Gasteiger partial charge in [0.15, 0.2) is 11.5 Å². The standard InChI is InChI=1S/C12H15ClO3S/c13-10-6-9(8-17-5-1-2-14)7-11-12(10)16-4-3-15-11/h6-7,14H,1-5,8H2. The number of fused-ring (bicyclic) bond motifs is 1. The zero-order chi connectivity index (χ0) is 12.1. The topological polar surface area (TPSA) is 38.7 Å². The number of rotatable bonds is 5. The lowest BCUT2D eigenvalue weighted by atomic mass is 10.2. The van der Waals surface area contributed by atoms with Crippen LogP contribution < -0.4 is 9.47 Å². The van der Waals surface area contributed by atoms with Crippen molar-refractivity contribution in [1.29, 1.82) is 0 Å². The fourth-order valence-electron chi connectivity index (χ4n) is 1.60. The van der Waals surface area contributed by atoms with Crippen molar-refractivity contribution in [3.8, 4) is 11.5 Å². The van der Waals surface area contributed by atoms with Crippen molar-refractivity contribution in [2.45, 2.75) is 12.2 Å². The summed E-state index contributed by atoms with van der Waals surface area (Å²) in [7, 11) is 0. The second-order valence-corrected chi connectivity index (χ2v) is 5.24. The largest absolute Gasteiger partial charge is 0.486 e. The Morgan fingerprint density at radius 3 is 2.94 bits per heavy atom. The van der Waals surface area contributed by atoms with E-state index < -0.39 is 0 Å². The SMILES string of the molecule is OCCCSCc1cc(Cl)c2c(c1)OCCO2. The number of aliphatic hydroxyl groups is 1. The van der Waals surface area contributed by atoms with Crippen molar-refractivity contribution in [1.82, 2.24) is 0 Å². The zero-order valence-corrected chi connectivity index (χ0v) is 11.0. The molecule has 0 saturated heterocycles. The van der Waals surface area contributed by atoms with Gasteiger partial charge >= 0.3 is 0 Å². The Balaban J connectivity index is 2.01. The number of halogens is 1. The van der Waals surface area contributed by atoms with Gasteiger partial charge in [-0.1, -0.05) is 11.6 Å². The molecule has 0 fully saturated rings. The summed E-state index contributed by atoms with van der Waals surface area (Å²) in [5.74, 6) is 3.21. The molecule has 0 aliphatic carbocycles. The van der Waals surface area contributed by atoms with Crippen molar-refractivity contribution in [2.24, 2.45) is 0 Å². The molecule has 0 spiro atoms. The van der Waals surface area contributed by atoms with Gasteiger partial charge in [0.25, 0.3) is 0 Å². The molecule has 3 nitrogen and oxygen atoms in total. The molecule has 0 atom stereocenters. The Kier molecular flexibility index (Phi) is 4.83. The Morgan fingerprint density at radius 1 is 1.29 bits per heavy atom. The molecular weight excluding hydrogens is 260 g/mol. The van der Waals surface area contributed by atoms with Crippen LogP contribution >= 0.6 is 23.4 Å². The number of hydrogen-bond donors (Lipinski definition) is 1. The lowest BCUT2D eigenvalue weighted by Crippen LogP contribution is -2.15. The Morgan fingerprint density at radius 2 is 2.12 bits per heavy atom. The summed E-state index contributed by atoms with van der Waals surface area (Å²) in [6.07, 6.45) is 0.822. The molecule has 0 bridgehead atoms. The fourth-order valence-corrected chi connectivity index (χ4v) is 2.77. The molecule has 1 heterocycles. The second kappa shape index (κ2) is 6.38. The summed E-state index contributed by atoms with van der Waals surface area (Å²) >= 11 is 7.91. The van der Waals surface area contributed by atoms with E-state index in [2.05, 4.69) is 0 Å². The van der Waals surface area contributed by atoms with Crippen LogP contribution in [0, 0.1) is 0 Å². The van der Waals surface area contributed by atoms with E-state index in [-0.39, 0.29) is 6.61 Å². The van der Waals surface area contributed by atoms with E-state index in [0.717, 1.165) is 29.2 Å². The first-order valence-corrected chi connectivity index (χ1v) is 7.11. The lowest BCUT2D eigenvalue weighted by molar-refractivity contribution is 0.171. The van der Waals surface area contributed by atoms with Crippen molar-refractivity contribution >= 4 is 23.4 Å². The molecule has 0 unspecified atom stereocenters. The molecule has 2 rings (SSSR count). The maximum Gasteiger partial charge on any atom is 0.179 e. The molecule has 1 aromatic carbocycles. The van der Waals surface area contributed by atoms with Gasteiger partial charge in [-0.15, -0.1) is 0 Å². The molecular formula is C12H15ClO3S. The number of hydrogen-bond acceptors (Lipinski definition) is 4. The fraction of sp³-hybridized carbons (Fsp3) is 0.500. The smallest absolute Gasteiger partial charge is 0.179 e.